The number of rotatable bonds is 5. The van der Waals surface area contributed by atoms with Crippen LogP contribution < -0.4 is 0 Å². The zero-order valence-electron chi connectivity index (χ0n) is 9.31. The molecule has 0 saturated carbocycles. The first kappa shape index (κ1) is 12.8. The third-order valence-corrected chi connectivity index (χ3v) is 3.46. The Hall–Kier alpha value is -0.260. The van der Waals surface area contributed by atoms with Crippen molar-refractivity contribution in [3.05, 3.63) is 0 Å². The van der Waals surface area contributed by atoms with Crippen molar-refractivity contribution in [2.45, 2.75) is 25.5 Å². The van der Waals surface area contributed by atoms with Gasteiger partial charge in [0.1, 0.15) is 6.04 Å². The molecule has 4 nitrogen and oxygen atoms in total. The summed E-state index contributed by atoms with van der Waals surface area (Å²) in [4.78, 5) is 13.4. The number of aliphatic hydroxyl groups excluding tert-OH is 1. The van der Waals surface area contributed by atoms with Crippen molar-refractivity contribution < 1.29 is 14.6 Å². The summed E-state index contributed by atoms with van der Waals surface area (Å²) < 4.78 is 4.72. The van der Waals surface area contributed by atoms with Crippen molar-refractivity contribution in [3.63, 3.8) is 0 Å². The highest BCUT2D eigenvalue weighted by Crippen LogP contribution is 2.19. The van der Waals surface area contributed by atoms with E-state index in [0.29, 0.717) is 13.0 Å². The lowest BCUT2D eigenvalue weighted by Crippen LogP contribution is -2.38. The van der Waals surface area contributed by atoms with Gasteiger partial charge in [-0.2, -0.15) is 11.8 Å². The van der Waals surface area contributed by atoms with Crippen LogP contribution in [0, 0.1) is 0 Å². The lowest BCUT2D eigenvalue weighted by Gasteiger charge is -2.21. The fraction of sp³-hybridized carbons (Fsp3) is 0.900. The van der Waals surface area contributed by atoms with Crippen LogP contribution in [0.5, 0.6) is 0 Å². The smallest absolute Gasteiger partial charge is 0.323 e. The van der Waals surface area contributed by atoms with Crippen molar-refractivity contribution in [1.82, 2.24) is 4.90 Å². The summed E-state index contributed by atoms with van der Waals surface area (Å²) >= 11 is 1.84. The normalized spacial score (nSPS) is 26.9. The van der Waals surface area contributed by atoms with Gasteiger partial charge in [-0.25, -0.2) is 0 Å². The van der Waals surface area contributed by atoms with Crippen molar-refractivity contribution >= 4 is 17.7 Å². The van der Waals surface area contributed by atoms with Crippen LogP contribution in [-0.4, -0.2) is 59.8 Å². The van der Waals surface area contributed by atoms with Gasteiger partial charge < -0.3 is 9.84 Å². The number of ether oxygens (including phenoxy) is 1. The molecule has 1 saturated heterocycles. The predicted octanol–water partition coefficient (Wildman–Crippen LogP) is 0.348. The second-order valence-electron chi connectivity index (χ2n) is 3.62. The Morgan fingerprint density at radius 3 is 3.00 bits per heavy atom. The fourth-order valence-electron chi connectivity index (χ4n) is 1.83. The second-order valence-corrected chi connectivity index (χ2v) is 5.01. The molecule has 0 aromatic heterocycles. The highest BCUT2D eigenvalue weighted by molar-refractivity contribution is 7.99. The summed E-state index contributed by atoms with van der Waals surface area (Å²) in [6.07, 6.45) is 0.115. The number of nitrogens with zero attached hydrogens (tertiary/aromatic N) is 1. The average Bonchev–Trinajstić information content (AvgIpc) is 2.59. The third-order valence-electron chi connectivity index (χ3n) is 2.58. The predicted molar refractivity (Wildman–Crippen MR) is 61.0 cm³/mol. The van der Waals surface area contributed by atoms with E-state index >= 15 is 0 Å². The van der Waals surface area contributed by atoms with E-state index in [1.165, 1.54) is 7.11 Å². The largest absolute Gasteiger partial charge is 0.468 e. The summed E-state index contributed by atoms with van der Waals surface area (Å²) in [5.41, 5.74) is 0. The van der Waals surface area contributed by atoms with Crippen molar-refractivity contribution in [2.75, 3.05) is 31.7 Å². The Morgan fingerprint density at radius 1 is 1.67 bits per heavy atom. The highest BCUT2D eigenvalue weighted by atomic mass is 32.2. The number of hydrogen-bond acceptors (Lipinski definition) is 5. The number of likely N-dealkylation sites (tertiary alicyclic amines) is 1. The van der Waals surface area contributed by atoms with E-state index in [9.17, 15) is 9.90 Å². The average molecular weight is 233 g/mol. The number of carbonyl (C=O) groups is 1. The second kappa shape index (κ2) is 6.35. The van der Waals surface area contributed by atoms with Gasteiger partial charge in [0.15, 0.2) is 0 Å². The molecule has 1 aliphatic rings. The monoisotopic (exact) mass is 233 g/mol. The molecule has 1 heterocycles. The molecule has 1 fully saturated rings. The Balaban J connectivity index is 2.42. The zero-order valence-corrected chi connectivity index (χ0v) is 10.1. The van der Waals surface area contributed by atoms with Crippen LogP contribution in [0.1, 0.15) is 13.3 Å². The number of aliphatic hydroxyl groups is 1. The lowest BCUT2D eigenvalue weighted by atomic mass is 10.2. The molecule has 0 spiro atoms. The molecule has 0 amide bonds. The topological polar surface area (TPSA) is 49.8 Å². The summed E-state index contributed by atoms with van der Waals surface area (Å²) in [6.45, 7) is 3.54. The van der Waals surface area contributed by atoms with E-state index < -0.39 is 0 Å². The molecule has 2 unspecified atom stereocenters. The number of thioether (sulfide) groups is 1. The highest BCUT2D eigenvalue weighted by Gasteiger charge is 2.36. The Bertz CT molecular complexity index is 213. The molecule has 2 atom stereocenters. The van der Waals surface area contributed by atoms with Gasteiger partial charge in [-0.05, 0) is 5.75 Å². The fourth-order valence-corrected chi connectivity index (χ4v) is 2.49. The first-order valence-corrected chi connectivity index (χ1v) is 6.42. The van der Waals surface area contributed by atoms with Crippen molar-refractivity contribution in [2.24, 2.45) is 0 Å². The lowest BCUT2D eigenvalue weighted by molar-refractivity contribution is -0.145. The molecule has 88 valence electrons. The van der Waals surface area contributed by atoms with Gasteiger partial charge in [0.05, 0.1) is 13.2 Å². The minimum atomic E-state index is -0.388. The van der Waals surface area contributed by atoms with Gasteiger partial charge in [-0.3, -0.25) is 9.69 Å². The van der Waals surface area contributed by atoms with Crippen LogP contribution in [0.25, 0.3) is 0 Å². The van der Waals surface area contributed by atoms with E-state index in [1.807, 2.05) is 16.7 Å². The van der Waals surface area contributed by atoms with E-state index in [0.717, 1.165) is 18.1 Å². The first-order valence-electron chi connectivity index (χ1n) is 5.26. The Kier molecular flexibility index (Phi) is 5.42. The molecule has 1 N–H and O–H groups in total. The minimum Gasteiger partial charge on any atom is -0.468 e. The number of hydrogen-bond donors (Lipinski definition) is 1. The molecule has 1 aliphatic heterocycles. The maximum Gasteiger partial charge on any atom is 0.323 e. The minimum absolute atomic E-state index is 0.229. The molecule has 0 aromatic carbocycles. The molecule has 15 heavy (non-hydrogen) atoms. The SMILES string of the molecule is CCSCCN1CC(O)CC1C(=O)OC. The maximum absolute atomic E-state index is 11.4. The van der Waals surface area contributed by atoms with Gasteiger partial charge in [-0.1, -0.05) is 6.92 Å². The maximum atomic E-state index is 11.4. The van der Waals surface area contributed by atoms with Crippen LogP contribution in [0.4, 0.5) is 0 Å². The number of β-amino-alcohol motifs (C(OH)–C–C–N with tert-alkyl or cyclic N) is 1. The number of carbonyl (C=O) groups excluding carboxylic acids is 1. The summed E-state index contributed by atoms with van der Waals surface area (Å²) in [5, 5.41) is 9.51. The van der Waals surface area contributed by atoms with Crippen LogP contribution in [0.15, 0.2) is 0 Å². The number of esters is 1. The van der Waals surface area contributed by atoms with Crippen LogP contribution in [0.3, 0.4) is 0 Å². The van der Waals surface area contributed by atoms with Gasteiger partial charge in [0.25, 0.3) is 0 Å². The van der Waals surface area contributed by atoms with Crippen LogP contribution in [-0.2, 0) is 9.53 Å². The van der Waals surface area contributed by atoms with Crippen LogP contribution in [0.2, 0.25) is 0 Å². The first-order chi connectivity index (χ1) is 7.19. The number of methoxy groups -OCH3 is 1. The Labute approximate surface area is 95.0 Å². The van der Waals surface area contributed by atoms with Crippen molar-refractivity contribution in [1.29, 1.82) is 0 Å². The van der Waals surface area contributed by atoms with Gasteiger partial charge in [0.2, 0.25) is 0 Å². The van der Waals surface area contributed by atoms with E-state index in [4.69, 9.17) is 4.74 Å². The molecular weight excluding hydrogens is 214 g/mol. The quantitative estimate of drug-likeness (QED) is 0.548. The van der Waals surface area contributed by atoms with E-state index in [2.05, 4.69) is 6.92 Å². The molecule has 0 bridgehead atoms. The van der Waals surface area contributed by atoms with Gasteiger partial charge in [0, 0.05) is 25.3 Å². The summed E-state index contributed by atoms with van der Waals surface area (Å²) in [5.74, 6) is 1.85. The molecular formula is C10H19NO3S. The van der Waals surface area contributed by atoms with Crippen molar-refractivity contribution in [3.8, 4) is 0 Å². The molecule has 0 aliphatic carbocycles. The summed E-state index contributed by atoms with van der Waals surface area (Å²) in [7, 11) is 1.39. The van der Waals surface area contributed by atoms with E-state index in [1.54, 1.807) is 0 Å². The van der Waals surface area contributed by atoms with Gasteiger partial charge in [-0.15, -0.1) is 0 Å². The summed E-state index contributed by atoms with van der Waals surface area (Å²) in [6, 6.07) is -0.248. The third kappa shape index (κ3) is 3.66. The Morgan fingerprint density at radius 2 is 2.40 bits per heavy atom. The molecule has 0 aromatic rings. The van der Waals surface area contributed by atoms with Crippen LogP contribution >= 0.6 is 11.8 Å². The van der Waals surface area contributed by atoms with E-state index in [-0.39, 0.29) is 18.1 Å². The molecule has 0 radical (unpaired) electrons. The molecule has 5 heteroatoms. The zero-order chi connectivity index (χ0) is 11.3. The molecule has 1 rings (SSSR count). The van der Waals surface area contributed by atoms with Gasteiger partial charge >= 0.3 is 5.97 Å². The standard InChI is InChI=1S/C10H19NO3S/c1-3-15-5-4-11-7-8(12)6-9(11)10(13)14-2/h8-9,12H,3-7H2,1-2H3.